The largest absolute Gasteiger partial charge is 0.461 e. The Morgan fingerprint density at radius 1 is 1.23 bits per heavy atom. The standard InChI is InChI=1S/C20H17N3O2S/c1-3-25-20(24)19-23-17(12(2)26-19)16-11-22-18-15(16)9-14(10-21-18)13-7-5-4-6-8-13/h4-11H,3H2,1-2H3,(H,21,22). The van der Waals surface area contributed by atoms with Gasteiger partial charge in [-0.25, -0.2) is 14.8 Å². The fourth-order valence-electron chi connectivity index (χ4n) is 2.91. The van der Waals surface area contributed by atoms with E-state index in [0.29, 0.717) is 11.6 Å². The summed E-state index contributed by atoms with van der Waals surface area (Å²) in [5.41, 5.74) is 4.67. The summed E-state index contributed by atoms with van der Waals surface area (Å²) >= 11 is 1.35. The van der Waals surface area contributed by atoms with Crippen molar-refractivity contribution in [3.63, 3.8) is 0 Å². The number of nitrogens with one attached hydrogen (secondary N) is 1. The average Bonchev–Trinajstić information content (AvgIpc) is 3.25. The molecular weight excluding hydrogens is 346 g/mol. The van der Waals surface area contributed by atoms with Gasteiger partial charge in [0.25, 0.3) is 0 Å². The zero-order valence-electron chi connectivity index (χ0n) is 14.4. The Kier molecular flexibility index (Phi) is 4.26. The van der Waals surface area contributed by atoms with Gasteiger partial charge in [-0.1, -0.05) is 30.3 Å². The quantitative estimate of drug-likeness (QED) is 0.527. The van der Waals surface area contributed by atoms with Gasteiger partial charge in [0.1, 0.15) is 5.65 Å². The van der Waals surface area contributed by atoms with Gasteiger partial charge >= 0.3 is 5.97 Å². The van der Waals surface area contributed by atoms with Crippen molar-refractivity contribution >= 4 is 28.3 Å². The Morgan fingerprint density at radius 2 is 2.04 bits per heavy atom. The fourth-order valence-corrected chi connectivity index (χ4v) is 3.74. The minimum Gasteiger partial charge on any atom is -0.461 e. The molecule has 1 aromatic carbocycles. The van der Waals surface area contributed by atoms with Gasteiger partial charge in [0.2, 0.25) is 5.01 Å². The first-order valence-corrected chi connectivity index (χ1v) is 9.16. The summed E-state index contributed by atoms with van der Waals surface area (Å²) in [5, 5.41) is 1.36. The van der Waals surface area contributed by atoms with E-state index in [1.54, 1.807) is 6.92 Å². The first kappa shape index (κ1) is 16.5. The van der Waals surface area contributed by atoms with Gasteiger partial charge in [0, 0.05) is 33.8 Å². The molecule has 0 spiro atoms. The Labute approximate surface area is 154 Å². The summed E-state index contributed by atoms with van der Waals surface area (Å²) in [6.45, 7) is 4.09. The molecule has 130 valence electrons. The normalized spacial score (nSPS) is 11.0. The van der Waals surface area contributed by atoms with Crippen LogP contribution in [0.4, 0.5) is 0 Å². The topological polar surface area (TPSA) is 67.9 Å². The number of aryl methyl sites for hydroxylation is 1. The van der Waals surface area contributed by atoms with Crippen LogP contribution in [0.15, 0.2) is 48.8 Å². The van der Waals surface area contributed by atoms with Crippen molar-refractivity contribution < 1.29 is 9.53 Å². The highest BCUT2D eigenvalue weighted by Gasteiger charge is 2.19. The lowest BCUT2D eigenvalue weighted by molar-refractivity contribution is 0.0526. The van der Waals surface area contributed by atoms with Crippen molar-refractivity contribution in [2.45, 2.75) is 13.8 Å². The lowest BCUT2D eigenvalue weighted by Crippen LogP contribution is -2.03. The molecule has 0 saturated heterocycles. The van der Waals surface area contributed by atoms with E-state index < -0.39 is 0 Å². The van der Waals surface area contributed by atoms with Gasteiger partial charge < -0.3 is 9.72 Å². The molecule has 6 heteroatoms. The van der Waals surface area contributed by atoms with Crippen LogP contribution < -0.4 is 0 Å². The molecule has 4 rings (SSSR count). The van der Waals surface area contributed by atoms with E-state index in [2.05, 4.69) is 33.2 Å². The van der Waals surface area contributed by atoms with Gasteiger partial charge in [-0.15, -0.1) is 11.3 Å². The zero-order chi connectivity index (χ0) is 18.1. The molecule has 0 aliphatic rings. The highest BCUT2D eigenvalue weighted by Crippen LogP contribution is 2.34. The van der Waals surface area contributed by atoms with E-state index >= 15 is 0 Å². The van der Waals surface area contributed by atoms with Crippen molar-refractivity contribution in [1.29, 1.82) is 0 Å². The Balaban J connectivity index is 1.81. The summed E-state index contributed by atoms with van der Waals surface area (Å²) in [4.78, 5) is 25.2. The number of ether oxygens (including phenoxy) is 1. The van der Waals surface area contributed by atoms with Crippen LogP contribution in [-0.2, 0) is 4.74 Å². The molecule has 5 nitrogen and oxygen atoms in total. The summed E-state index contributed by atoms with van der Waals surface area (Å²) in [6.07, 6.45) is 3.75. The van der Waals surface area contributed by atoms with E-state index in [0.717, 1.165) is 38.3 Å². The summed E-state index contributed by atoms with van der Waals surface area (Å²) in [6, 6.07) is 12.2. The number of thiazole rings is 1. The predicted molar refractivity (Wildman–Crippen MR) is 103 cm³/mol. The third-order valence-corrected chi connectivity index (χ3v) is 5.09. The molecule has 1 N–H and O–H groups in total. The molecule has 0 aliphatic carbocycles. The van der Waals surface area contributed by atoms with Crippen molar-refractivity contribution in [3.8, 4) is 22.4 Å². The van der Waals surface area contributed by atoms with E-state index in [-0.39, 0.29) is 5.97 Å². The molecule has 0 atom stereocenters. The highest BCUT2D eigenvalue weighted by atomic mass is 32.1. The smallest absolute Gasteiger partial charge is 0.367 e. The maximum absolute atomic E-state index is 12.0. The number of esters is 1. The summed E-state index contributed by atoms with van der Waals surface area (Å²) in [5.74, 6) is -0.380. The van der Waals surface area contributed by atoms with E-state index in [9.17, 15) is 4.79 Å². The number of carbonyl (C=O) groups excluding carboxylic acids is 1. The van der Waals surface area contributed by atoms with E-state index in [1.807, 2.05) is 37.5 Å². The molecular formula is C20H17N3O2S. The van der Waals surface area contributed by atoms with Crippen molar-refractivity contribution in [2.75, 3.05) is 6.61 Å². The molecule has 3 aromatic heterocycles. The Morgan fingerprint density at radius 3 is 2.81 bits per heavy atom. The molecule has 3 heterocycles. The maximum Gasteiger partial charge on any atom is 0.367 e. The minimum atomic E-state index is -0.380. The van der Waals surface area contributed by atoms with Gasteiger partial charge in [-0.2, -0.15) is 0 Å². The fraction of sp³-hybridized carbons (Fsp3) is 0.150. The van der Waals surface area contributed by atoms with Crippen LogP contribution in [-0.4, -0.2) is 27.5 Å². The highest BCUT2D eigenvalue weighted by molar-refractivity contribution is 7.13. The average molecular weight is 363 g/mol. The third-order valence-electron chi connectivity index (χ3n) is 4.14. The molecule has 0 unspecified atom stereocenters. The van der Waals surface area contributed by atoms with Gasteiger partial charge in [-0.3, -0.25) is 0 Å². The number of fused-ring (bicyclic) bond motifs is 1. The van der Waals surface area contributed by atoms with Crippen LogP contribution in [0.5, 0.6) is 0 Å². The molecule has 0 amide bonds. The van der Waals surface area contributed by atoms with Crippen LogP contribution in [0, 0.1) is 6.92 Å². The number of benzene rings is 1. The molecule has 0 radical (unpaired) electrons. The molecule has 4 aromatic rings. The van der Waals surface area contributed by atoms with E-state index in [4.69, 9.17) is 4.74 Å². The zero-order valence-corrected chi connectivity index (χ0v) is 15.3. The van der Waals surface area contributed by atoms with Crippen LogP contribution in [0.25, 0.3) is 33.4 Å². The molecule has 0 saturated carbocycles. The van der Waals surface area contributed by atoms with Crippen LogP contribution in [0.3, 0.4) is 0 Å². The maximum atomic E-state index is 12.0. The molecule has 0 fully saturated rings. The van der Waals surface area contributed by atoms with Crippen LogP contribution in [0.2, 0.25) is 0 Å². The molecule has 26 heavy (non-hydrogen) atoms. The first-order chi connectivity index (χ1) is 12.7. The second-order valence-electron chi connectivity index (χ2n) is 5.83. The number of carbonyl (C=O) groups is 1. The second-order valence-corrected chi connectivity index (χ2v) is 7.04. The number of H-pyrrole nitrogens is 1. The number of hydrogen-bond donors (Lipinski definition) is 1. The number of pyridine rings is 1. The minimum absolute atomic E-state index is 0.338. The monoisotopic (exact) mass is 363 g/mol. The van der Waals surface area contributed by atoms with E-state index in [1.165, 1.54) is 11.3 Å². The Bertz CT molecular complexity index is 1080. The van der Waals surface area contributed by atoms with Crippen molar-refractivity contribution in [1.82, 2.24) is 15.0 Å². The third kappa shape index (κ3) is 2.88. The van der Waals surface area contributed by atoms with Gasteiger partial charge in [0.05, 0.1) is 12.3 Å². The number of aromatic amines is 1. The predicted octanol–water partition coefficient (Wildman–Crippen LogP) is 4.84. The van der Waals surface area contributed by atoms with Gasteiger partial charge in [-0.05, 0) is 25.5 Å². The lowest BCUT2D eigenvalue weighted by atomic mass is 10.0. The summed E-state index contributed by atoms with van der Waals surface area (Å²) in [7, 11) is 0. The first-order valence-electron chi connectivity index (χ1n) is 8.35. The number of aromatic nitrogens is 3. The van der Waals surface area contributed by atoms with Crippen LogP contribution >= 0.6 is 11.3 Å². The molecule has 0 aliphatic heterocycles. The lowest BCUT2D eigenvalue weighted by Gasteiger charge is -2.02. The van der Waals surface area contributed by atoms with Crippen molar-refractivity contribution in [2.24, 2.45) is 0 Å². The Hall–Kier alpha value is -2.99. The van der Waals surface area contributed by atoms with Gasteiger partial charge in [0.15, 0.2) is 0 Å². The number of rotatable bonds is 4. The SMILES string of the molecule is CCOC(=O)c1nc(-c2c[nH]c3ncc(-c4ccccc4)cc23)c(C)s1. The van der Waals surface area contributed by atoms with Crippen molar-refractivity contribution in [3.05, 3.63) is 58.7 Å². The second kappa shape index (κ2) is 6.72. The molecule has 0 bridgehead atoms. The van der Waals surface area contributed by atoms with Crippen LogP contribution in [0.1, 0.15) is 21.6 Å². The number of hydrogen-bond acceptors (Lipinski definition) is 5. The summed E-state index contributed by atoms with van der Waals surface area (Å²) < 4.78 is 5.07. The number of nitrogens with zero attached hydrogens (tertiary/aromatic N) is 2.